The van der Waals surface area contributed by atoms with E-state index in [2.05, 4.69) is 27.8 Å². The molecule has 8 heteroatoms. The number of aryl methyl sites for hydroxylation is 2. The molecule has 0 aliphatic heterocycles. The Bertz CT molecular complexity index is 973. The topological polar surface area (TPSA) is 81.9 Å². The van der Waals surface area contributed by atoms with Gasteiger partial charge in [-0.25, -0.2) is 0 Å². The van der Waals surface area contributed by atoms with Gasteiger partial charge in [-0.1, -0.05) is 36.0 Å². The molecule has 0 saturated carbocycles. The minimum Gasteiger partial charge on any atom is -0.496 e. The van der Waals surface area contributed by atoms with Crippen LogP contribution in [0.4, 0.5) is 0 Å². The lowest BCUT2D eigenvalue weighted by atomic mass is 10.1. The monoisotopic (exact) mass is 397 g/mol. The van der Waals surface area contributed by atoms with E-state index in [-0.39, 0.29) is 11.2 Å². The van der Waals surface area contributed by atoms with Gasteiger partial charge in [0.1, 0.15) is 5.75 Å². The highest BCUT2D eigenvalue weighted by Crippen LogP contribution is 2.24. The fraction of sp³-hybridized carbons (Fsp3) is 0.300. The number of tetrazole rings is 1. The molecule has 28 heavy (non-hydrogen) atoms. The van der Waals surface area contributed by atoms with E-state index in [1.54, 1.807) is 11.8 Å². The minimum atomic E-state index is -0.356. The van der Waals surface area contributed by atoms with Gasteiger partial charge in [-0.05, 0) is 60.5 Å². The third-order valence-corrected chi connectivity index (χ3v) is 5.51. The molecule has 1 heterocycles. The number of benzene rings is 2. The molecule has 3 rings (SSSR count). The molecule has 1 amide bonds. The molecule has 1 atom stereocenters. The number of hydrogen-bond acceptors (Lipinski definition) is 6. The zero-order valence-electron chi connectivity index (χ0n) is 16.3. The van der Waals surface area contributed by atoms with Crippen LogP contribution in [0.25, 0.3) is 5.69 Å². The van der Waals surface area contributed by atoms with E-state index in [0.717, 1.165) is 22.6 Å². The van der Waals surface area contributed by atoms with E-state index in [9.17, 15) is 4.79 Å². The Labute approximate surface area is 168 Å². The molecule has 0 saturated heterocycles. The van der Waals surface area contributed by atoms with Gasteiger partial charge in [0.15, 0.2) is 0 Å². The lowest BCUT2D eigenvalue weighted by molar-refractivity contribution is -0.120. The van der Waals surface area contributed by atoms with Gasteiger partial charge in [-0.3, -0.25) is 4.79 Å². The van der Waals surface area contributed by atoms with Gasteiger partial charge in [0.25, 0.3) is 0 Å². The predicted octanol–water partition coefficient (Wildman–Crippen LogP) is 3.08. The molecule has 1 N–H and O–H groups in total. The van der Waals surface area contributed by atoms with E-state index < -0.39 is 0 Å². The molecule has 0 unspecified atom stereocenters. The second-order valence-corrected chi connectivity index (χ2v) is 7.74. The first-order valence-electron chi connectivity index (χ1n) is 8.92. The third-order valence-electron chi connectivity index (χ3n) is 4.47. The van der Waals surface area contributed by atoms with Gasteiger partial charge in [0, 0.05) is 12.1 Å². The number of amides is 1. The molecule has 2 aromatic carbocycles. The highest BCUT2D eigenvalue weighted by Gasteiger charge is 2.19. The van der Waals surface area contributed by atoms with Crippen molar-refractivity contribution in [3.63, 3.8) is 0 Å². The molecule has 0 spiro atoms. The largest absolute Gasteiger partial charge is 0.496 e. The number of aromatic nitrogens is 4. The summed E-state index contributed by atoms with van der Waals surface area (Å²) in [4.78, 5) is 12.5. The number of nitrogens with zero attached hydrogens (tertiary/aromatic N) is 4. The highest BCUT2D eigenvalue weighted by molar-refractivity contribution is 8.00. The first-order chi connectivity index (χ1) is 13.5. The normalized spacial score (nSPS) is 11.9. The molecule has 0 aliphatic carbocycles. The van der Waals surface area contributed by atoms with Crippen LogP contribution in [0.5, 0.6) is 5.75 Å². The van der Waals surface area contributed by atoms with Crippen molar-refractivity contribution in [3.8, 4) is 11.4 Å². The first-order valence-corrected chi connectivity index (χ1v) is 9.80. The van der Waals surface area contributed by atoms with Gasteiger partial charge in [0.2, 0.25) is 11.1 Å². The highest BCUT2D eigenvalue weighted by atomic mass is 32.2. The van der Waals surface area contributed by atoms with Crippen LogP contribution in [0, 0.1) is 13.8 Å². The van der Waals surface area contributed by atoms with Crippen LogP contribution in [0.3, 0.4) is 0 Å². The van der Waals surface area contributed by atoms with E-state index in [4.69, 9.17) is 4.74 Å². The quantitative estimate of drug-likeness (QED) is 0.617. The van der Waals surface area contributed by atoms with Crippen molar-refractivity contribution in [2.75, 3.05) is 7.11 Å². The SMILES string of the molecule is COc1ccccc1CNC(=O)[C@H](C)Sc1nnnn1-c1ccc(C)c(C)c1. The Balaban J connectivity index is 1.66. The summed E-state index contributed by atoms with van der Waals surface area (Å²) in [5.41, 5.74) is 4.16. The molecule has 0 aliphatic rings. The van der Waals surface area contributed by atoms with Gasteiger partial charge < -0.3 is 10.1 Å². The lowest BCUT2D eigenvalue weighted by Crippen LogP contribution is -2.30. The van der Waals surface area contributed by atoms with Crippen molar-refractivity contribution < 1.29 is 9.53 Å². The average molecular weight is 398 g/mol. The third kappa shape index (κ3) is 4.51. The van der Waals surface area contributed by atoms with Crippen molar-refractivity contribution in [1.82, 2.24) is 25.5 Å². The second-order valence-electron chi connectivity index (χ2n) is 6.43. The van der Waals surface area contributed by atoms with Gasteiger partial charge >= 0.3 is 0 Å². The van der Waals surface area contributed by atoms with Crippen LogP contribution in [-0.2, 0) is 11.3 Å². The van der Waals surface area contributed by atoms with Crippen molar-refractivity contribution in [1.29, 1.82) is 0 Å². The van der Waals surface area contributed by atoms with Gasteiger partial charge in [0.05, 0.1) is 18.0 Å². The number of nitrogens with one attached hydrogen (secondary N) is 1. The first kappa shape index (κ1) is 19.9. The number of ether oxygens (including phenoxy) is 1. The summed E-state index contributed by atoms with van der Waals surface area (Å²) in [6.07, 6.45) is 0. The average Bonchev–Trinajstić information content (AvgIpc) is 3.16. The Kier molecular flexibility index (Phi) is 6.30. The van der Waals surface area contributed by atoms with Gasteiger partial charge in [-0.15, -0.1) is 5.10 Å². The van der Waals surface area contributed by atoms with E-state index in [1.165, 1.54) is 17.3 Å². The Morgan fingerprint density at radius 1 is 1.21 bits per heavy atom. The number of rotatable bonds is 7. The standard InChI is InChI=1S/C20H23N5O2S/c1-13-9-10-17(11-14(13)2)25-20(22-23-24-25)28-15(3)19(26)21-12-16-7-5-6-8-18(16)27-4/h5-11,15H,12H2,1-4H3,(H,21,26)/t15-/m0/s1. The Morgan fingerprint density at radius 3 is 2.75 bits per heavy atom. The summed E-state index contributed by atoms with van der Waals surface area (Å²) in [5.74, 6) is 0.660. The van der Waals surface area contributed by atoms with Gasteiger partial charge in [-0.2, -0.15) is 4.68 Å². The number of carbonyl (C=O) groups is 1. The van der Waals surface area contributed by atoms with Crippen molar-refractivity contribution in [2.45, 2.75) is 37.7 Å². The van der Waals surface area contributed by atoms with E-state index in [0.29, 0.717) is 11.7 Å². The minimum absolute atomic E-state index is 0.0921. The van der Waals surface area contributed by atoms with Crippen LogP contribution in [0.2, 0.25) is 0 Å². The number of thioether (sulfide) groups is 1. The summed E-state index contributed by atoms with van der Waals surface area (Å²) < 4.78 is 6.97. The Morgan fingerprint density at radius 2 is 2.00 bits per heavy atom. The lowest BCUT2D eigenvalue weighted by Gasteiger charge is -2.13. The Hall–Kier alpha value is -2.87. The zero-order valence-corrected chi connectivity index (χ0v) is 17.2. The van der Waals surface area contributed by atoms with Crippen molar-refractivity contribution in [2.24, 2.45) is 0 Å². The molecular weight excluding hydrogens is 374 g/mol. The molecule has 0 radical (unpaired) electrons. The summed E-state index contributed by atoms with van der Waals surface area (Å²) in [6, 6.07) is 13.6. The summed E-state index contributed by atoms with van der Waals surface area (Å²) in [5, 5.41) is 15.1. The van der Waals surface area contributed by atoms with Crippen LogP contribution >= 0.6 is 11.8 Å². The summed E-state index contributed by atoms with van der Waals surface area (Å²) in [6.45, 7) is 6.34. The maximum absolute atomic E-state index is 12.5. The zero-order chi connectivity index (χ0) is 20.1. The van der Waals surface area contributed by atoms with E-state index in [1.807, 2.05) is 56.3 Å². The molecule has 146 valence electrons. The fourth-order valence-corrected chi connectivity index (χ4v) is 3.49. The van der Waals surface area contributed by atoms with E-state index >= 15 is 0 Å². The van der Waals surface area contributed by atoms with Crippen LogP contribution in [-0.4, -0.2) is 38.5 Å². The molecule has 0 bridgehead atoms. The van der Waals surface area contributed by atoms with Crippen molar-refractivity contribution >= 4 is 17.7 Å². The smallest absolute Gasteiger partial charge is 0.233 e. The maximum Gasteiger partial charge on any atom is 0.233 e. The summed E-state index contributed by atoms with van der Waals surface area (Å²) in [7, 11) is 1.62. The molecular formula is C20H23N5O2S. The molecule has 3 aromatic rings. The number of para-hydroxylation sites is 1. The molecule has 7 nitrogen and oxygen atoms in total. The number of hydrogen-bond donors (Lipinski definition) is 1. The number of methoxy groups -OCH3 is 1. The molecule has 1 aromatic heterocycles. The van der Waals surface area contributed by atoms with Crippen LogP contribution in [0.15, 0.2) is 47.6 Å². The van der Waals surface area contributed by atoms with Crippen molar-refractivity contribution in [3.05, 3.63) is 59.2 Å². The van der Waals surface area contributed by atoms with Crippen LogP contribution < -0.4 is 10.1 Å². The second kappa shape index (κ2) is 8.88. The maximum atomic E-state index is 12.5. The number of carbonyl (C=O) groups excluding carboxylic acids is 1. The van der Waals surface area contributed by atoms with Crippen LogP contribution in [0.1, 0.15) is 23.6 Å². The summed E-state index contributed by atoms with van der Waals surface area (Å²) >= 11 is 1.32. The molecule has 0 fully saturated rings. The fourth-order valence-electron chi connectivity index (χ4n) is 2.66. The predicted molar refractivity (Wildman–Crippen MR) is 109 cm³/mol.